The summed E-state index contributed by atoms with van der Waals surface area (Å²) in [5.41, 5.74) is 2.63. The Morgan fingerprint density at radius 3 is 2.84 bits per heavy atom. The number of hydrogen-bond acceptors (Lipinski definition) is 4. The monoisotopic (exact) mass is 355 g/mol. The number of rotatable bonds is 6. The summed E-state index contributed by atoms with van der Waals surface area (Å²) in [5, 5.41) is 9.71. The van der Waals surface area contributed by atoms with Crippen LogP contribution in [-0.4, -0.2) is 24.0 Å². The first-order chi connectivity index (χ1) is 12.3. The van der Waals surface area contributed by atoms with Gasteiger partial charge in [0.25, 0.3) is 0 Å². The van der Waals surface area contributed by atoms with Crippen molar-refractivity contribution in [3.63, 3.8) is 0 Å². The molecule has 1 saturated carbocycles. The number of nitrogens with one attached hydrogen (secondary N) is 2. The normalized spacial score (nSPS) is 21.2. The predicted molar refractivity (Wildman–Crippen MR) is 100 cm³/mol. The third kappa shape index (κ3) is 3.93. The summed E-state index contributed by atoms with van der Waals surface area (Å²) in [6, 6.07) is 10.5. The molecule has 1 saturated heterocycles. The third-order valence-electron chi connectivity index (χ3n) is 5.62. The quantitative estimate of drug-likeness (QED) is 0.838. The molecule has 1 aliphatic heterocycles. The Hall–Kier alpha value is -1.72. The predicted octanol–water partition coefficient (Wildman–Crippen LogP) is 2.93. The molecule has 4 nitrogen and oxygen atoms in total. The van der Waals surface area contributed by atoms with E-state index >= 15 is 0 Å². The van der Waals surface area contributed by atoms with Crippen molar-refractivity contribution in [1.82, 2.24) is 15.6 Å². The molecule has 25 heavy (non-hydrogen) atoms. The van der Waals surface area contributed by atoms with Crippen LogP contribution in [-0.2, 0) is 24.2 Å². The Morgan fingerprint density at radius 1 is 1.24 bits per heavy atom. The number of hydrogen-bond donors (Lipinski definition) is 2. The minimum atomic E-state index is 0.223. The molecule has 1 aromatic heterocycles. The van der Waals surface area contributed by atoms with E-state index in [1.165, 1.54) is 5.56 Å². The fourth-order valence-corrected chi connectivity index (χ4v) is 4.74. The van der Waals surface area contributed by atoms with Gasteiger partial charge in [0.2, 0.25) is 5.91 Å². The van der Waals surface area contributed by atoms with Gasteiger partial charge in [-0.15, -0.1) is 11.3 Å². The highest BCUT2D eigenvalue weighted by Crippen LogP contribution is 2.58. The number of aromatic nitrogens is 1. The Balaban J connectivity index is 1.24. The molecule has 132 valence electrons. The first kappa shape index (κ1) is 16.7. The van der Waals surface area contributed by atoms with Gasteiger partial charge in [0, 0.05) is 17.7 Å². The first-order valence-electron chi connectivity index (χ1n) is 9.21. The maximum Gasteiger partial charge on any atom is 0.224 e. The van der Waals surface area contributed by atoms with E-state index in [4.69, 9.17) is 0 Å². The van der Waals surface area contributed by atoms with Crippen LogP contribution in [0.4, 0.5) is 0 Å². The molecule has 1 spiro atoms. The lowest BCUT2D eigenvalue weighted by atomic mass is 9.92. The molecule has 1 unspecified atom stereocenters. The number of piperidine rings is 1. The summed E-state index contributed by atoms with van der Waals surface area (Å²) in [6.45, 7) is 2.67. The van der Waals surface area contributed by atoms with Crippen molar-refractivity contribution < 1.29 is 4.79 Å². The second-order valence-corrected chi connectivity index (χ2v) is 8.25. The average Bonchev–Trinajstić information content (AvgIpc) is 3.14. The molecule has 1 atom stereocenters. The van der Waals surface area contributed by atoms with E-state index in [2.05, 4.69) is 45.3 Å². The molecule has 1 aliphatic carbocycles. The molecule has 4 rings (SSSR count). The second-order valence-electron chi connectivity index (χ2n) is 7.31. The van der Waals surface area contributed by atoms with E-state index in [9.17, 15) is 4.79 Å². The number of aryl methyl sites for hydroxylation is 2. The van der Waals surface area contributed by atoms with Gasteiger partial charge >= 0.3 is 0 Å². The minimum Gasteiger partial charge on any atom is -0.350 e. The van der Waals surface area contributed by atoms with Crippen molar-refractivity contribution in [3.05, 3.63) is 52.0 Å². The molecule has 2 fully saturated rings. The summed E-state index contributed by atoms with van der Waals surface area (Å²) in [7, 11) is 0. The van der Waals surface area contributed by atoms with E-state index in [1.807, 2.05) is 6.07 Å². The average molecular weight is 356 g/mol. The first-order valence-corrected chi connectivity index (χ1v) is 10.1. The fourth-order valence-electron chi connectivity index (χ4n) is 3.94. The number of amides is 1. The third-order valence-corrected chi connectivity index (χ3v) is 6.58. The highest BCUT2D eigenvalue weighted by molar-refractivity contribution is 7.09. The lowest BCUT2D eigenvalue weighted by molar-refractivity contribution is -0.123. The Morgan fingerprint density at radius 2 is 2.04 bits per heavy atom. The van der Waals surface area contributed by atoms with Gasteiger partial charge in [-0.2, -0.15) is 0 Å². The van der Waals surface area contributed by atoms with Crippen LogP contribution in [0.2, 0.25) is 0 Å². The topological polar surface area (TPSA) is 54.0 Å². The van der Waals surface area contributed by atoms with E-state index in [0.717, 1.165) is 55.9 Å². The molecule has 2 heterocycles. The summed E-state index contributed by atoms with van der Waals surface area (Å²) in [4.78, 5) is 17.1. The van der Waals surface area contributed by atoms with Gasteiger partial charge in [0.15, 0.2) is 0 Å². The summed E-state index contributed by atoms with van der Waals surface area (Å²) in [6.07, 6.45) is 5.33. The Kier molecular flexibility index (Phi) is 4.86. The smallest absolute Gasteiger partial charge is 0.224 e. The Bertz CT molecular complexity index is 722. The standard InChI is InChI=1S/C20H25N3OS/c24-19(17-12-20(17)8-10-21-11-9-20)22-13-16-14-25-18(23-16)7-6-15-4-2-1-3-5-15/h1-5,14,17,21H,6-13H2,(H,22,24). The van der Waals surface area contributed by atoms with E-state index in [-0.39, 0.29) is 11.8 Å². The molecular formula is C20H25N3OS. The summed E-state index contributed by atoms with van der Waals surface area (Å²) < 4.78 is 0. The van der Waals surface area contributed by atoms with Gasteiger partial charge in [-0.3, -0.25) is 4.79 Å². The minimum absolute atomic E-state index is 0.223. The number of benzene rings is 1. The summed E-state index contributed by atoms with van der Waals surface area (Å²) in [5.74, 6) is 0.450. The summed E-state index contributed by atoms with van der Waals surface area (Å²) >= 11 is 1.70. The largest absolute Gasteiger partial charge is 0.350 e. The molecule has 5 heteroatoms. The zero-order valence-corrected chi connectivity index (χ0v) is 15.3. The highest BCUT2D eigenvalue weighted by Gasteiger charge is 2.57. The lowest BCUT2D eigenvalue weighted by Crippen LogP contribution is -2.33. The van der Waals surface area contributed by atoms with Gasteiger partial charge in [-0.05, 0) is 49.8 Å². The van der Waals surface area contributed by atoms with Crippen molar-refractivity contribution in [2.45, 2.75) is 38.6 Å². The fraction of sp³-hybridized carbons (Fsp3) is 0.500. The van der Waals surface area contributed by atoms with Crippen molar-refractivity contribution in [2.75, 3.05) is 13.1 Å². The number of thiazole rings is 1. The van der Waals surface area contributed by atoms with Crippen LogP contribution in [0.5, 0.6) is 0 Å². The molecule has 0 bridgehead atoms. The van der Waals surface area contributed by atoms with Crippen LogP contribution >= 0.6 is 11.3 Å². The maximum absolute atomic E-state index is 12.4. The van der Waals surface area contributed by atoms with Gasteiger partial charge in [0.05, 0.1) is 17.2 Å². The second kappa shape index (κ2) is 7.26. The van der Waals surface area contributed by atoms with Crippen molar-refractivity contribution in [3.8, 4) is 0 Å². The van der Waals surface area contributed by atoms with Crippen LogP contribution in [0.15, 0.2) is 35.7 Å². The lowest BCUT2D eigenvalue weighted by Gasteiger charge is -2.23. The van der Waals surface area contributed by atoms with E-state index in [0.29, 0.717) is 12.0 Å². The molecule has 2 N–H and O–H groups in total. The van der Waals surface area contributed by atoms with Crippen molar-refractivity contribution in [1.29, 1.82) is 0 Å². The van der Waals surface area contributed by atoms with Crippen molar-refractivity contribution >= 4 is 17.2 Å². The number of carbonyl (C=O) groups excluding carboxylic acids is 1. The SMILES string of the molecule is O=C(NCc1csc(CCc2ccccc2)n1)C1CC12CCNCC2. The number of nitrogens with zero attached hydrogens (tertiary/aromatic N) is 1. The van der Waals surface area contributed by atoms with E-state index in [1.54, 1.807) is 11.3 Å². The zero-order chi connectivity index (χ0) is 17.1. The Labute approximate surface area is 153 Å². The van der Waals surface area contributed by atoms with Crippen LogP contribution in [0.25, 0.3) is 0 Å². The maximum atomic E-state index is 12.4. The van der Waals surface area contributed by atoms with E-state index < -0.39 is 0 Å². The molecule has 2 aromatic rings. The zero-order valence-electron chi connectivity index (χ0n) is 14.5. The highest BCUT2D eigenvalue weighted by atomic mass is 32.1. The number of carbonyl (C=O) groups is 1. The van der Waals surface area contributed by atoms with Gasteiger partial charge < -0.3 is 10.6 Å². The van der Waals surface area contributed by atoms with Gasteiger partial charge in [-0.25, -0.2) is 4.98 Å². The molecule has 2 aliphatic rings. The van der Waals surface area contributed by atoms with Crippen LogP contribution < -0.4 is 10.6 Å². The van der Waals surface area contributed by atoms with Crippen LogP contribution in [0.3, 0.4) is 0 Å². The van der Waals surface area contributed by atoms with Crippen LogP contribution in [0, 0.1) is 11.3 Å². The van der Waals surface area contributed by atoms with Gasteiger partial charge in [0.1, 0.15) is 0 Å². The van der Waals surface area contributed by atoms with Crippen LogP contribution in [0.1, 0.15) is 35.5 Å². The molecular weight excluding hydrogens is 330 g/mol. The molecule has 1 amide bonds. The molecule has 0 radical (unpaired) electrons. The van der Waals surface area contributed by atoms with Gasteiger partial charge in [-0.1, -0.05) is 30.3 Å². The molecule has 1 aromatic carbocycles. The van der Waals surface area contributed by atoms with Crippen molar-refractivity contribution in [2.24, 2.45) is 11.3 Å².